The van der Waals surface area contributed by atoms with Crippen molar-refractivity contribution in [3.8, 4) is 0 Å². The van der Waals surface area contributed by atoms with Gasteiger partial charge in [0.15, 0.2) is 0 Å². The summed E-state index contributed by atoms with van der Waals surface area (Å²) in [5, 5.41) is 0. The number of carbonyl (C=O) groups is 2. The predicted octanol–water partition coefficient (Wildman–Crippen LogP) is 1.46. The van der Waals surface area contributed by atoms with Crippen LogP contribution in [0.25, 0.3) is 0 Å². The molecule has 0 unspecified atom stereocenters. The predicted molar refractivity (Wildman–Crippen MR) is 59.9 cm³/mol. The van der Waals surface area contributed by atoms with E-state index in [2.05, 4.69) is 0 Å². The van der Waals surface area contributed by atoms with Gasteiger partial charge in [0.2, 0.25) is 11.6 Å². The van der Waals surface area contributed by atoms with Crippen LogP contribution in [0.1, 0.15) is 13.3 Å². The molecule has 4 nitrogen and oxygen atoms in total. The maximum absolute atomic E-state index is 11.3. The number of carbonyl (C=O) groups excluding carboxylic acids is 2. The van der Waals surface area contributed by atoms with Gasteiger partial charge in [-0.3, -0.25) is 9.59 Å². The van der Waals surface area contributed by atoms with Gasteiger partial charge in [-0.05, 0) is 25.6 Å². The Morgan fingerprint density at radius 3 is 2.20 bits per heavy atom. The summed E-state index contributed by atoms with van der Waals surface area (Å²) in [5.74, 6) is -0.845. The fourth-order valence-corrected chi connectivity index (χ4v) is 2.25. The van der Waals surface area contributed by atoms with Crippen molar-refractivity contribution in [2.45, 2.75) is 25.9 Å². The molecule has 0 heterocycles. The van der Waals surface area contributed by atoms with Gasteiger partial charge in [0.25, 0.3) is 0 Å². The average molecular weight is 230 g/mol. The molecule has 0 aromatic heterocycles. The van der Waals surface area contributed by atoms with Gasteiger partial charge in [-0.1, -0.05) is 6.08 Å². The largest absolute Gasteiger partial charge is 0.398 e. The molecule has 0 aliphatic rings. The van der Waals surface area contributed by atoms with Crippen LogP contribution in [0, 0.1) is 0 Å². The van der Waals surface area contributed by atoms with Crippen molar-refractivity contribution < 1.29 is 18.4 Å². The summed E-state index contributed by atoms with van der Waals surface area (Å²) < 4.78 is 10.4. The summed E-state index contributed by atoms with van der Waals surface area (Å²) in [6.45, 7) is 3.56. The molecule has 0 N–H and O–H groups in total. The lowest BCUT2D eigenvalue weighted by atomic mass is 10.2. The number of hydrogen-bond acceptors (Lipinski definition) is 4. The minimum atomic E-state index is -2.23. The first kappa shape index (κ1) is 14.2. The van der Waals surface area contributed by atoms with E-state index in [1.165, 1.54) is 6.08 Å². The van der Waals surface area contributed by atoms with E-state index in [9.17, 15) is 9.59 Å². The lowest BCUT2D eigenvalue weighted by Crippen LogP contribution is -2.36. The van der Waals surface area contributed by atoms with E-state index in [0.717, 1.165) is 0 Å². The van der Waals surface area contributed by atoms with E-state index in [4.69, 9.17) is 8.85 Å². The minimum absolute atomic E-state index is 0.188. The molecule has 0 atom stereocenters. The monoisotopic (exact) mass is 230 g/mol. The van der Waals surface area contributed by atoms with Crippen LogP contribution in [0.2, 0.25) is 12.6 Å². The van der Waals surface area contributed by atoms with Crippen LogP contribution in [0.4, 0.5) is 0 Å². The highest BCUT2D eigenvalue weighted by Crippen LogP contribution is 2.14. The van der Waals surface area contributed by atoms with Crippen molar-refractivity contribution in [2.75, 3.05) is 14.2 Å². The summed E-state index contributed by atoms with van der Waals surface area (Å²) in [6.07, 6.45) is 3.03. The van der Waals surface area contributed by atoms with Gasteiger partial charge in [-0.25, -0.2) is 0 Å². The Morgan fingerprint density at radius 2 is 1.80 bits per heavy atom. The van der Waals surface area contributed by atoms with Crippen molar-refractivity contribution in [3.05, 3.63) is 12.2 Å². The van der Waals surface area contributed by atoms with Crippen LogP contribution < -0.4 is 0 Å². The molecule has 0 aromatic rings. The second-order valence-electron chi connectivity index (χ2n) is 3.33. The highest BCUT2D eigenvalue weighted by atomic mass is 28.4. The van der Waals surface area contributed by atoms with E-state index in [-0.39, 0.29) is 12.2 Å². The van der Waals surface area contributed by atoms with Gasteiger partial charge in [0.1, 0.15) is 0 Å². The van der Waals surface area contributed by atoms with Gasteiger partial charge in [-0.2, -0.15) is 0 Å². The maximum atomic E-state index is 11.3. The molecule has 0 saturated heterocycles. The highest BCUT2D eigenvalue weighted by Gasteiger charge is 2.29. The molecule has 86 valence electrons. The Bertz CT molecular complexity index is 256. The normalized spacial score (nSPS) is 12.0. The van der Waals surface area contributed by atoms with Gasteiger partial charge < -0.3 is 8.85 Å². The number of Topliss-reactive ketones (excluding diaryl/α,β-unsaturated/α-hetero) is 1. The third-order valence-corrected chi connectivity index (χ3v) is 5.15. The van der Waals surface area contributed by atoms with E-state index in [1.54, 1.807) is 27.2 Å². The Balaban J connectivity index is 4.16. The Morgan fingerprint density at radius 1 is 1.27 bits per heavy atom. The van der Waals surface area contributed by atoms with Crippen molar-refractivity contribution >= 4 is 20.1 Å². The van der Waals surface area contributed by atoms with Crippen molar-refractivity contribution in [3.63, 3.8) is 0 Å². The fraction of sp³-hybridized carbons (Fsp3) is 0.600. The molecule has 0 amide bonds. The third kappa shape index (κ3) is 5.01. The zero-order valence-electron chi connectivity index (χ0n) is 9.70. The van der Waals surface area contributed by atoms with E-state index in [0.29, 0.717) is 6.04 Å². The fourth-order valence-electron chi connectivity index (χ4n) is 0.996. The summed E-state index contributed by atoms with van der Waals surface area (Å²) in [4.78, 5) is 22.5. The zero-order valence-corrected chi connectivity index (χ0v) is 10.7. The van der Waals surface area contributed by atoms with E-state index in [1.807, 2.05) is 6.55 Å². The maximum Gasteiger partial charge on any atom is 0.334 e. The molecule has 0 bridgehead atoms. The first-order valence-electron chi connectivity index (χ1n) is 4.79. The SMILES string of the molecule is CC=CC(=O)C(=O)CC[Si](C)(OC)OC. The molecule has 0 aliphatic carbocycles. The molecule has 0 radical (unpaired) electrons. The lowest BCUT2D eigenvalue weighted by Gasteiger charge is -2.21. The molecule has 0 aromatic carbocycles. The topological polar surface area (TPSA) is 52.6 Å². The Hall–Kier alpha value is -0.783. The molecular weight excluding hydrogens is 212 g/mol. The van der Waals surface area contributed by atoms with E-state index >= 15 is 0 Å². The zero-order chi connectivity index (χ0) is 11.9. The molecule has 0 saturated carbocycles. The van der Waals surface area contributed by atoms with Crippen LogP contribution in [0.3, 0.4) is 0 Å². The first-order chi connectivity index (χ1) is 6.99. The standard InChI is InChI=1S/C10H18O4Si/c1-5-6-9(11)10(12)7-8-15(4,13-2)14-3/h5-6H,7-8H2,1-4H3. The molecule has 0 fully saturated rings. The first-order valence-corrected chi connectivity index (χ1v) is 7.31. The number of allylic oxidation sites excluding steroid dienone is 2. The van der Waals surface area contributed by atoms with Crippen molar-refractivity contribution in [2.24, 2.45) is 0 Å². The van der Waals surface area contributed by atoms with Crippen molar-refractivity contribution in [1.29, 1.82) is 0 Å². The van der Waals surface area contributed by atoms with Gasteiger partial charge in [0.05, 0.1) is 0 Å². The average Bonchev–Trinajstić information content (AvgIpc) is 2.25. The second-order valence-corrected chi connectivity index (χ2v) is 6.91. The Labute approximate surface area is 91.5 Å². The number of ketones is 2. The van der Waals surface area contributed by atoms with Crippen LogP contribution in [0.15, 0.2) is 12.2 Å². The smallest absolute Gasteiger partial charge is 0.334 e. The molecule has 5 heteroatoms. The second kappa shape index (κ2) is 6.65. The van der Waals surface area contributed by atoms with E-state index < -0.39 is 14.3 Å². The highest BCUT2D eigenvalue weighted by molar-refractivity contribution is 6.66. The van der Waals surface area contributed by atoms with Crippen LogP contribution >= 0.6 is 0 Å². The van der Waals surface area contributed by atoms with Gasteiger partial charge >= 0.3 is 8.56 Å². The minimum Gasteiger partial charge on any atom is -0.398 e. The van der Waals surface area contributed by atoms with Crippen LogP contribution in [-0.4, -0.2) is 34.3 Å². The van der Waals surface area contributed by atoms with Gasteiger partial charge in [-0.15, -0.1) is 0 Å². The molecule has 0 spiro atoms. The molecular formula is C10H18O4Si. The molecule has 0 aliphatic heterocycles. The molecule has 0 rings (SSSR count). The van der Waals surface area contributed by atoms with Crippen molar-refractivity contribution in [1.82, 2.24) is 0 Å². The summed E-state index contributed by atoms with van der Waals surface area (Å²) in [5.41, 5.74) is 0. The number of rotatable bonds is 7. The quantitative estimate of drug-likeness (QED) is 0.377. The van der Waals surface area contributed by atoms with Crippen LogP contribution in [0.5, 0.6) is 0 Å². The summed E-state index contributed by atoms with van der Waals surface area (Å²) in [7, 11) is 0.901. The molecule has 15 heavy (non-hydrogen) atoms. The van der Waals surface area contributed by atoms with Gasteiger partial charge in [0, 0.05) is 20.6 Å². The Kier molecular flexibility index (Phi) is 6.31. The van der Waals surface area contributed by atoms with Crippen LogP contribution in [-0.2, 0) is 18.4 Å². The summed E-state index contributed by atoms with van der Waals surface area (Å²) in [6, 6.07) is 0.502. The lowest BCUT2D eigenvalue weighted by molar-refractivity contribution is -0.133. The number of hydrogen-bond donors (Lipinski definition) is 0. The third-order valence-electron chi connectivity index (χ3n) is 2.26. The summed E-state index contributed by atoms with van der Waals surface area (Å²) >= 11 is 0.